The molecule has 34 heavy (non-hydrogen) atoms. The molecule has 1 aliphatic heterocycles. The van der Waals surface area contributed by atoms with Gasteiger partial charge in [0.25, 0.3) is 0 Å². The van der Waals surface area contributed by atoms with E-state index in [0.717, 1.165) is 49.5 Å². The van der Waals surface area contributed by atoms with Crippen LogP contribution in [0, 0.1) is 30.3 Å². The van der Waals surface area contributed by atoms with E-state index in [1.807, 2.05) is 24.3 Å². The smallest absolute Gasteiger partial charge is 0.426 e. The molecule has 180 valence electrons. The summed E-state index contributed by atoms with van der Waals surface area (Å²) in [5.74, 6) is -5.05. The van der Waals surface area contributed by atoms with Crippen LogP contribution in [0.2, 0.25) is 0 Å². The van der Waals surface area contributed by atoms with Crippen LogP contribution in [0.15, 0.2) is 54.6 Å². The maximum atomic E-state index is 14.7. The lowest BCUT2D eigenvalue weighted by molar-refractivity contribution is -0.186. The number of halogens is 5. The van der Waals surface area contributed by atoms with E-state index in [1.165, 1.54) is 24.3 Å². The van der Waals surface area contributed by atoms with Crippen LogP contribution in [-0.4, -0.2) is 6.61 Å². The molecule has 2 atom stereocenters. The van der Waals surface area contributed by atoms with Crippen LogP contribution in [0.1, 0.15) is 49.0 Å². The fourth-order valence-electron chi connectivity index (χ4n) is 4.11. The minimum Gasteiger partial charge on any atom is -0.428 e. The van der Waals surface area contributed by atoms with Gasteiger partial charge >= 0.3 is 6.11 Å². The standard InChI is InChI=1S/C27H25F5O2/c1-3-17-4-13-23(33-15-17)20-7-5-18(6-8-20)19-9-11-21(12-10-19)27(31,32)34-24-14-22(28)26(30)25(29)16(24)2/h5-12,14,17,23H,3-4,13,15H2,1-2H3. The van der Waals surface area contributed by atoms with Gasteiger partial charge in [-0.2, -0.15) is 8.78 Å². The summed E-state index contributed by atoms with van der Waals surface area (Å²) >= 11 is 0. The van der Waals surface area contributed by atoms with Crippen molar-refractivity contribution in [2.45, 2.75) is 45.3 Å². The summed E-state index contributed by atoms with van der Waals surface area (Å²) in [6.07, 6.45) is -0.582. The molecule has 0 aliphatic carbocycles. The summed E-state index contributed by atoms with van der Waals surface area (Å²) in [6, 6.07) is 13.6. The third kappa shape index (κ3) is 4.94. The molecule has 0 radical (unpaired) electrons. The second-order valence-electron chi connectivity index (χ2n) is 8.60. The Morgan fingerprint density at radius 3 is 2.09 bits per heavy atom. The normalized spacial score (nSPS) is 18.7. The van der Waals surface area contributed by atoms with Gasteiger partial charge < -0.3 is 9.47 Å². The first kappa shape index (κ1) is 24.2. The Hall–Kier alpha value is -2.93. The van der Waals surface area contributed by atoms with E-state index in [0.29, 0.717) is 12.0 Å². The average Bonchev–Trinajstić information content (AvgIpc) is 2.86. The summed E-state index contributed by atoms with van der Waals surface area (Å²) in [5, 5.41) is 0. The Balaban J connectivity index is 1.47. The number of alkyl halides is 2. The first-order valence-corrected chi connectivity index (χ1v) is 11.2. The fraction of sp³-hybridized carbons (Fsp3) is 0.333. The third-order valence-electron chi connectivity index (χ3n) is 6.38. The van der Waals surface area contributed by atoms with E-state index in [2.05, 4.69) is 11.7 Å². The van der Waals surface area contributed by atoms with Crippen molar-refractivity contribution in [2.24, 2.45) is 5.92 Å². The molecule has 7 heteroatoms. The van der Waals surface area contributed by atoms with Crippen molar-refractivity contribution >= 4 is 0 Å². The van der Waals surface area contributed by atoms with Crippen molar-refractivity contribution in [3.63, 3.8) is 0 Å². The monoisotopic (exact) mass is 476 g/mol. The van der Waals surface area contributed by atoms with E-state index in [1.54, 1.807) is 0 Å². The molecule has 0 aromatic heterocycles. The highest BCUT2D eigenvalue weighted by Crippen LogP contribution is 2.37. The van der Waals surface area contributed by atoms with Gasteiger partial charge in [0.2, 0.25) is 0 Å². The van der Waals surface area contributed by atoms with Crippen molar-refractivity contribution in [3.05, 3.63) is 88.7 Å². The van der Waals surface area contributed by atoms with Gasteiger partial charge in [0, 0.05) is 11.6 Å². The van der Waals surface area contributed by atoms with Crippen LogP contribution in [0.25, 0.3) is 11.1 Å². The van der Waals surface area contributed by atoms with Crippen molar-refractivity contribution in [1.82, 2.24) is 0 Å². The predicted molar refractivity (Wildman–Crippen MR) is 119 cm³/mol. The molecule has 4 rings (SSSR count). The summed E-state index contributed by atoms with van der Waals surface area (Å²) in [4.78, 5) is 0. The minimum atomic E-state index is -3.88. The second-order valence-corrected chi connectivity index (χ2v) is 8.60. The average molecular weight is 476 g/mol. The Bertz CT molecular complexity index is 1140. The number of hydrogen-bond acceptors (Lipinski definition) is 2. The lowest BCUT2D eigenvalue weighted by Gasteiger charge is -2.28. The Morgan fingerprint density at radius 1 is 0.912 bits per heavy atom. The van der Waals surface area contributed by atoms with Crippen molar-refractivity contribution in [1.29, 1.82) is 0 Å². The van der Waals surface area contributed by atoms with Gasteiger partial charge in [0.05, 0.1) is 18.3 Å². The zero-order chi connectivity index (χ0) is 24.5. The molecular formula is C27H25F5O2. The largest absolute Gasteiger partial charge is 0.428 e. The Morgan fingerprint density at radius 2 is 1.53 bits per heavy atom. The van der Waals surface area contributed by atoms with Gasteiger partial charge in [-0.1, -0.05) is 49.7 Å². The quantitative estimate of drug-likeness (QED) is 0.264. The number of rotatable bonds is 6. The SMILES string of the molecule is CCC1CCC(c2ccc(-c3ccc(C(F)(F)Oc4cc(F)c(F)c(F)c4C)cc3)cc2)OC1. The lowest BCUT2D eigenvalue weighted by Crippen LogP contribution is -2.22. The molecule has 1 heterocycles. The molecule has 0 amide bonds. The zero-order valence-corrected chi connectivity index (χ0v) is 18.9. The minimum absolute atomic E-state index is 0.0691. The van der Waals surface area contributed by atoms with Gasteiger partial charge in [-0.3, -0.25) is 0 Å². The summed E-state index contributed by atoms with van der Waals surface area (Å²) < 4.78 is 80.3. The third-order valence-corrected chi connectivity index (χ3v) is 6.38. The lowest BCUT2D eigenvalue weighted by atomic mass is 9.92. The first-order chi connectivity index (χ1) is 16.2. The highest BCUT2D eigenvalue weighted by Gasteiger charge is 2.36. The molecule has 3 aromatic carbocycles. The maximum Gasteiger partial charge on any atom is 0.426 e. The first-order valence-electron chi connectivity index (χ1n) is 11.2. The van der Waals surface area contributed by atoms with Crippen LogP contribution >= 0.6 is 0 Å². The molecule has 1 saturated heterocycles. The summed E-state index contributed by atoms with van der Waals surface area (Å²) in [5.41, 5.74) is 1.61. The van der Waals surface area contributed by atoms with E-state index in [4.69, 9.17) is 4.74 Å². The molecular weight excluding hydrogens is 451 g/mol. The molecule has 0 spiro atoms. The van der Waals surface area contributed by atoms with Crippen LogP contribution in [0.3, 0.4) is 0 Å². The molecule has 3 aromatic rings. The van der Waals surface area contributed by atoms with Crippen LogP contribution in [-0.2, 0) is 10.8 Å². The van der Waals surface area contributed by atoms with Crippen molar-refractivity contribution in [2.75, 3.05) is 6.61 Å². The Labute approximate surface area is 195 Å². The number of ether oxygens (including phenoxy) is 2. The van der Waals surface area contributed by atoms with Crippen LogP contribution in [0.5, 0.6) is 5.75 Å². The van der Waals surface area contributed by atoms with E-state index in [9.17, 15) is 22.0 Å². The number of hydrogen-bond donors (Lipinski definition) is 0. The topological polar surface area (TPSA) is 18.5 Å². The van der Waals surface area contributed by atoms with Gasteiger partial charge in [-0.05, 0) is 54.5 Å². The highest BCUT2D eigenvalue weighted by molar-refractivity contribution is 5.64. The second kappa shape index (κ2) is 9.74. The van der Waals surface area contributed by atoms with Gasteiger partial charge in [0.15, 0.2) is 17.5 Å². The van der Waals surface area contributed by atoms with E-state index >= 15 is 0 Å². The van der Waals surface area contributed by atoms with Crippen molar-refractivity contribution < 1.29 is 31.4 Å². The Kier molecular flexibility index (Phi) is 6.94. The van der Waals surface area contributed by atoms with Gasteiger partial charge in [0.1, 0.15) is 5.75 Å². The van der Waals surface area contributed by atoms with Crippen LogP contribution < -0.4 is 4.74 Å². The summed E-state index contributed by atoms with van der Waals surface area (Å²) in [6.45, 7) is 3.97. The molecule has 0 saturated carbocycles. The number of benzene rings is 3. The fourth-order valence-corrected chi connectivity index (χ4v) is 4.11. The maximum absolute atomic E-state index is 14.7. The van der Waals surface area contributed by atoms with Gasteiger partial charge in [-0.25, -0.2) is 13.2 Å². The van der Waals surface area contributed by atoms with Crippen molar-refractivity contribution in [3.8, 4) is 16.9 Å². The molecule has 0 bridgehead atoms. The van der Waals surface area contributed by atoms with E-state index < -0.39 is 40.4 Å². The molecule has 1 aliphatic rings. The van der Waals surface area contributed by atoms with Crippen LogP contribution in [0.4, 0.5) is 22.0 Å². The molecule has 2 nitrogen and oxygen atoms in total. The summed E-state index contributed by atoms with van der Waals surface area (Å²) in [7, 11) is 0. The molecule has 2 unspecified atom stereocenters. The van der Waals surface area contributed by atoms with Gasteiger partial charge in [-0.15, -0.1) is 0 Å². The highest BCUT2D eigenvalue weighted by atomic mass is 19.3. The predicted octanol–water partition coefficient (Wildman–Crippen LogP) is 8.09. The zero-order valence-electron chi connectivity index (χ0n) is 18.9. The van der Waals surface area contributed by atoms with E-state index in [-0.39, 0.29) is 6.10 Å². The molecule has 1 fully saturated rings. The molecule has 0 N–H and O–H groups in total.